The number of hydrogen-bond donors (Lipinski definition) is 1. The zero-order valence-corrected chi connectivity index (χ0v) is 13.9. The average molecular weight is 311 g/mol. The third-order valence-corrected chi connectivity index (χ3v) is 3.81. The molecule has 3 heteroatoms. The molecule has 122 valence electrons. The lowest BCUT2D eigenvalue weighted by Gasteiger charge is -2.13. The number of ether oxygens (including phenoxy) is 1. The molecule has 0 radical (unpaired) electrons. The van der Waals surface area contributed by atoms with E-state index in [0.717, 1.165) is 12.2 Å². The van der Waals surface area contributed by atoms with Gasteiger partial charge in [-0.25, -0.2) is 0 Å². The topological polar surface area (TPSA) is 38.3 Å². The Labute approximate surface area is 138 Å². The highest BCUT2D eigenvalue weighted by Crippen LogP contribution is 2.13. The molecule has 0 heterocycles. The molecule has 0 bridgehead atoms. The zero-order valence-electron chi connectivity index (χ0n) is 13.9. The molecule has 1 amide bonds. The van der Waals surface area contributed by atoms with Crippen molar-refractivity contribution >= 4 is 5.91 Å². The van der Waals surface area contributed by atoms with Gasteiger partial charge in [0.2, 0.25) is 5.91 Å². The molecular weight excluding hydrogens is 286 g/mol. The average Bonchev–Trinajstić information content (AvgIpc) is 2.59. The molecule has 0 saturated carbocycles. The second-order valence-corrected chi connectivity index (χ2v) is 5.88. The van der Waals surface area contributed by atoms with Gasteiger partial charge in [-0.15, -0.1) is 0 Å². The molecule has 2 aromatic rings. The van der Waals surface area contributed by atoms with Crippen LogP contribution in [0.25, 0.3) is 0 Å². The van der Waals surface area contributed by atoms with Gasteiger partial charge in [-0.2, -0.15) is 0 Å². The number of hydrogen-bond acceptors (Lipinski definition) is 2. The second-order valence-electron chi connectivity index (χ2n) is 5.88. The standard InChI is InChI=1S/C20H25NO2/c1-16-10-12-19(13-11-16)23-14-6-9-20(22)21-15-17(2)18-7-4-3-5-8-18/h3-5,7-8,10-13,17H,6,9,14-15H2,1-2H3,(H,21,22)/t17-/m1/s1. The van der Waals surface area contributed by atoms with Crippen molar-refractivity contribution in [3.05, 3.63) is 65.7 Å². The van der Waals surface area contributed by atoms with Crippen molar-refractivity contribution in [2.45, 2.75) is 32.6 Å². The maximum atomic E-state index is 11.9. The molecule has 1 atom stereocenters. The van der Waals surface area contributed by atoms with Crippen LogP contribution in [0.3, 0.4) is 0 Å². The summed E-state index contributed by atoms with van der Waals surface area (Å²) in [6.45, 7) is 5.40. The van der Waals surface area contributed by atoms with E-state index in [0.29, 0.717) is 25.5 Å². The van der Waals surface area contributed by atoms with E-state index >= 15 is 0 Å². The summed E-state index contributed by atoms with van der Waals surface area (Å²) in [5.41, 5.74) is 2.46. The van der Waals surface area contributed by atoms with Gasteiger partial charge in [0, 0.05) is 13.0 Å². The first kappa shape index (κ1) is 17.1. The minimum atomic E-state index is 0.0836. The minimum absolute atomic E-state index is 0.0836. The highest BCUT2D eigenvalue weighted by atomic mass is 16.5. The number of carbonyl (C=O) groups excluding carboxylic acids is 1. The lowest BCUT2D eigenvalue weighted by molar-refractivity contribution is -0.121. The van der Waals surface area contributed by atoms with Crippen LogP contribution in [0.4, 0.5) is 0 Å². The Kier molecular flexibility index (Phi) is 6.67. The molecule has 2 aromatic carbocycles. The van der Waals surface area contributed by atoms with Crippen molar-refractivity contribution in [3.8, 4) is 5.75 Å². The van der Waals surface area contributed by atoms with Gasteiger partial charge in [0.1, 0.15) is 5.75 Å². The molecule has 0 aliphatic rings. The van der Waals surface area contributed by atoms with Gasteiger partial charge in [0.25, 0.3) is 0 Å². The number of carbonyl (C=O) groups is 1. The maximum absolute atomic E-state index is 11.9. The molecular formula is C20H25NO2. The van der Waals surface area contributed by atoms with E-state index in [2.05, 4.69) is 24.4 Å². The monoisotopic (exact) mass is 311 g/mol. The molecule has 0 aliphatic carbocycles. The van der Waals surface area contributed by atoms with Gasteiger partial charge < -0.3 is 10.1 Å². The Morgan fingerprint density at radius 2 is 1.78 bits per heavy atom. The summed E-state index contributed by atoms with van der Waals surface area (Å²) in [5.74, 6) is 1.26. The lowest BCUT2D eigenvalue weighted by Crippen LogP contribution is -2.27. The Morgan fingerprint density at radius 3 is 2.48 bits per heavy atom. The van der Waals surface area contributed by atoms with Crippen molar-refractivity contribution in [1.29, 1.82) is 0 Å². The van der Waals surface area contributed by atoms with E-state index < -0.39 is 0 Å². The molecule has 23 heavy (non-hydrogen) atoms. The summed E-state index contributed by atoms with van der Waals surface area (Å²) >= 11 is 0. The lowest BCUT2D eigenvalue weighted by atomic mass is 10.0. The van der Waals surface area contributed by atoms with Crippen molar-refractivity contribution < 1.29 is 9.53 Å². The molecule has 0 unspecified atom stereocenters. The van der Waals surface area contributed by atoms with Gasteiger partial charge in [0.05, 0.1) is 6.61 Å². The van der Waals surface area contributed by atoms with Crippen LogP contribution in [0.5, 0.6) is 5.75 Å². The van der Waals surface area contributed by atoms with Crippen LogP contribution in [0, 0.1) is 6.92 Å². The molecule has 1 N–H and O–H groups in total. The van der Waals surface area contributed by atoms with Crippen LogP contribution >= 0.6 is 0 Å². The number of benzene rings is 2. The Hall–Kier alpha value is -2.29. The number of aryl methyl sites for hydroxylation is 1. The van der Waals surface area contributed by atoms with Crippen molar-refractivity contribution in [2.75, 3.05) is 13.2 Å². The Bertz CT molecular complexity index is 593. The summed E-state index contributed by atoms with van der Waals surface area (Å²) in [5, 5.41) is 2.99. The summed E-state index contributed by atoms with van der Waals surface area (Å²) in [6.07, 6.45) is 1.22. The van der Waals surface area contributed by atoms with Crippen molar-refractivity contribution in [3.63, 3.8) is 0 Å². The van der Waals surface area contributed by atoms with Gasteiger partial charge in [-0.1, -0.05) is 55.0 Å². The van der Waals surface area contributed by atoms with E-state index in [4.69, 9.17) is 4.74 Å². The Balaban J connectivity index is 1.61. The summed E-state index contributed by atoms with van der Waals surface area (Å²) in [6, 6.07) is 18.2. The highest BCUT2D eigenvalue weighted by molar-refractivity contribution is 5.75. The van der Waals surface area contributed by atoms with E-state index in [1.165, 1.54) is 11.1 Å². The minimum Gasteiger partial charge on any atom is -0.494 e. The normalized spacial score (nSPS) is 11.7. The molecule has 0 aliphatic heterocycles. The largest absolute Gasteiger partial charge is 0.494 e. The van der Waals surface area contributed by atoms with E-state index in [-0.39, 0.29) is 5.91 Å². The molecule has 0 aromatic heterocycles. The molecule has 3 nitrogen and oxygen atoms in total. The van der Waals surface area contributed by atoms with Crippen LogP contribution in [-0.4, -0.2) is 19.1 Å². The van der Waals surface area contributed by atoms with Crippen LogP contribution in [0.2, 0.25) is 0 Å². The van der Waals surface area contributed by atoms with Gasteiger partial charge in [-0.05, 0) is 37.0 Å². The zero-order chi connectivity index (χ0) is 16.5. The first-order chi connectivity index (χ1) is 11.1. The van der Waals surface area contributed by atoms with Gasteiger partial charge >= 0.3 is 0 Å². The van der Waals surface area contributed by atoms with E-state index in [1.807, 2.05) is 49.4 Å². The van der Waals surface area contributed by atoms with Crippen LogP contribution in [0.15, 0.2) is 54.6 Å². The third-order valence-electron chi connectivity index (χ3n) is 3.81. The number of rotatable bonds is 8. The SMILES string of the molecule is Cc1ccc(OCCCC(=O)NC[C@@H](C)c2ccccc2)cc1. The van der Waals surface area contributed by atoms with Gasteiger partial charge in [-0.3, -0.25) is 4.79 Å². The summed E-state index contributed by atoms with van der Waals surface area (Å²) < 4.78 is 5.63. The second kappa shape index (κ2) is 8.99. The van der Waals surface area contributed by atoms with Crippen LogP contribution in [0.1, 0.15) is 36.8 Å². The molecule has 0 spiro atoms. The maximum Gasteiger partial charge on any atom is 0.220 e. The third kappa shape index (κ3) is 6.15. The van der Waals surface area contributed by atoms with Crippen LogP contribution in [-0.2, 0) is 4.79 Å². The fourth-order valence-electron chi connectivity index (χ4n) is 2.31. The number of amides is 1. The van der Waals surface area contributed by atoms with Gasteiger partial charge in [0.15, 0.2) is 0 Å². The smallest absolute Gasteiger partial charge is 0.220 e. The molecule has 2 rings (SSSR count). The Morgan fingerprint density at radius 1 is 1.09 bits per heavy atom. The fraction of sp³-hybridized carbons (Fsp3) is 0.350. The first-order valence-electron chi connectivity index (χ1n) is 8.16. The molecule has 0 fully saturated rings. The molecule has 0 saturated heterocycles. The first-order valence-corrected chi connectivity index (χ1v) is 8.16. The van der Waals surface area contributed by atoms with Crippen molar-refractivity contribution in [1.82, 2.24) is 5.32 Å². The summed E-state index contributed by atoms with van der Waals surface area (Å²) in [7, 11) is 0. The van der Waals surface area contributed by atoms with E-state index in [9.17, 15) is 4.79 Å². The fourth-order valence-corrected chi connectivity index (χ4v) is 2.31. The highest BCUT2D eigenvalue weighted by Gasteiger charge is 2.07. The number of nitrogens with one attached hydrogen (secondary N) is 1. The summed E-state index contributed by atoms with van der Waals surface area (Å²) in [4.78, 5) is 11.9. The predicted octanol–water partition coefficient (Wildman–Crippen LogP) is 4.07. The quantitative estimate of drug-likeness (QED) is 0.746. The van der Waals surface area contributed by atoms with Crippen LogP contribution < -0.4 is 10.1 Å². The van der Waals surface area contributed by atoms with E-state index in [1.54, 1.807) is 0 Å². The van der Waals surface area contributed by atoms with Crippen molar-refractivity contribution in [2.24, 2.45) is 0 Å². The predicted molar refractivity (Wildman–Crippen MR) is 93.8 cm³/mol.